The number of rotatable bonds is 4. The molecule has 0 aliphatic heterocycles. The van der Waals surface area contributed by atoms with E-state index >= 15 is 0 Å². The summed E-state index contributed by atoms with van der Waals surface area (Å²) in [7, 11) is 0. The minimum Gasteiger partial charge on any atom is -0.392 e. The van der Waals surface area contributed by atoms with E-state index < -0.39 is 0 Å². The Kier molecular flexibility index (Phi) is 5.36. The van der Waals surface area contributed by atoms with Crippen molar-refractivity contribution in [2.75, 3.05) is 0 Å². The zero-order valence-electron chi connectivity index (χ0n) is 9.17. The van der Waals surface area contributed by atoms with Gasteiger partial charge in [0, 0.05) is 10.0 Å². The van der Waals surface area contributed by atoms with E-state index in [1.165, 1.54) is 0 Å². The summed E-state index contributed by atoms with van der Waals surface area (Å²) in [4.78, 5) is 12.2. The Balaban J connectivity index is 2.82. The fourth-order valence-corrected chi connectivity index (χ4v) is 1.98. The Morgan fingerprint density at radius 3 is 2.76 bits per heavy atom. The van der Waals surface area contributed by atoms with E-state index in [2.05, 4.69) is 21.2 Å². The number of carbonyl (C=O) groups excluding carboxylic acids is 1. The highest BCUT2D eigenvalue weighted by Crippen LogP contribution is 2.23. The minimum absolute atomic E-state index is 0.220. The number of hydrogen-bond acceptors (Lipinski definition) is 2. The van der Waals surface area contributed by atoms with E-state index in [0.717, 1.165) is 0 Å². The molecule has 0 aliphatic carbocycles. The third-order valence-electron chi connectivity index (χ3n) is 2.24. The highest BCUT2D eigenvalue weighted by Gasteiger charge is 2.14. The fraction of sp³-hybridized carbons (Fsp3) is 0.273. The van der Waals surface area contributed by atoms with Gasteiger partial charge in [-0.05, 0) is 40.5 Å². The third kappa shape index (κ3) is 3.94. The molecule has 1 rings (SSSR count). The SMILES string of the molecule is CCC(NC(=O)c1ccc(Cl)c(Br)c1)C(N)=S. The third-order valence-corrected chi connectivity index (χ3v) is 3.74. The Labute approximate surface area is 119 Å². The summed E-state index contributed by atoms with van der Waals surface area (Å²) >= 11 is 14.0. The lowest BCUT2D eigenvalue weighted by atomic mass is 10.1. The molecule has 1 amide bonds. The van der Waals surface area contributed by atoms with Crippen molar-refractivity contribution in [3.63, 3.8) is 0 Å². The van der Waals surface area contributed by atoms with Gasteiger partial charge in [0.2, 0.25) is 0 Å². The molecule has 0 saturated carbocycles. The second kappa shape index (κ2) is 6.33. The van der Waals surface area contributed by atoms with E-state index in [-0.39, 0.29) is 16.9 Å². The quantitative estimate of drug-likeness (QED) is 0.832. The molecule has 17 heavy (non-hydrogen) atoms. The van der Waals surface area contributed by atoms with E-state index in [9.17, 15) is 4.79 Å². The number of hydrogen-bond donors (Lipinski definition) is 2. The first-order valence-corrected chi connectivity index (χ1v) is 6.58. The molecule has 1 aromatic rings. The van der Waals surface area contributed by atoms with E-state index in [1.807, 2.05) is 6.92 Å². The fourth-order valence-electron chi connectivity index (χ4n) is 1.25. The number of amides is 1. The average molecular weight is 336 g/mol. The normalized spacial score (nSPS) is 11.9. The number of thiocarbonyl (C=S) groups is 1. The van der Waals surface area contributed by atoms with Gasteiger partial charge in [-0.25, -0.2) is 0 Å². The van der Waals surface area contributed by atoms with Crippen LogP contribution in [0, 0.1) is 0 Å². The first-order valence-electron chi connectivity index (χ1n) is 5.01. The predicted octanol–water partition coefficient (Wildman–Crippen LogP) is 2.90. The zero-order valence-corrected chi connectivity index (χ0v) is 12.3. The van der Waals surface area contributed by atoms with Crippen molar-refractivity contribution >= 4 is 50.6 Å². The molecule has 1 atom stereocenters. The molecule has 0 aromatic heterocycles. The summed E-state index contributed by atoms with van der Waals surface area (Å²) < 4.78 is 0.676. The zero-order chi connectivity index (χ0) is 13.0. The van der Waals surface area contributed by atoms with Gasteiger partial charge in [0.15, 0.2) is 0 Å². The maximum Gasteiger partial charge on any atom is 0.251 e. The maximum absolute atomic E-state index is 11.9. The van der Waals surface area contributed by atoms with Crippen LogP contribution in [0.25, 0.3) is 0 Å². The topological polar surface area (TPSA) is 55.1 Å². The smallest absolute Gasteiger partial charge is 0.251 e. The molecule has 0 fully saturated rings. The van der Waals surface area contributed by atoms with Crippen LogP contribution in [0.2, 0.25) is 5.02 Å². The van der Waals surface area contributed by atoms with Crippen LogP contribution in [-0.4, -0.2) is 16.9 Å². The predicted molar refractivity (Wildman–Crippen MR) is 77.5 cm³/mol. The molecular weight excluding hydrogens is 324 g/mol. The van der Waals surface area contributed by atoms with Gasteiger partial charge in [0.05, 0.1) is 16.1 Å². The average Bonchev–Trinajstić information content (AvgIpc) is 2.28. The van der Waals surface area contributed by atoms with Gasteiger partial charge in [0.1, 0.15) is 0 Å². The van der Waals surface area contributed by atoms with Crippen molar-refractivity contribution in [1.29, 1.82) is 0 Å². The van der Waals surface area contributed by atoms with Gasteiger partial charge in [0.25, 0.3) is 5.91 Å². The second-order valence-corrected chi connectivity index (χ2v) is 5.20. The van der Waals surface area contributed by atoms with Crippen LogP contribution < -0.4 is 11.1 Å². The molecule has 3 nitrogen and oxygen atoms in total. The second-order valence-electron chi connectivity index (χ2n) is 3.47. The van der Waals surface area contributed by atoms with Crippen molar-refractivity contribution in [3.05, 3.63) is 33.3 Å². The summed E-state index contributed by atoms with van der Waals surface area (Å²) in [5, 5.41) is 3.32. The van der Waals surface area contributed by atoms with Gasteiger partial charge < -0.3 is 11.1 Å². The molecule has 1 aromatic carbocycles. The monoisotopic (exact) mass is 334 g/mol. The van der Waals surface area contributed by atoms with Gasteiger partial charge in [-0.1, -0.05) is 30.7 Å². The van der Waals surface area contributed by atoms with Crippen molar-refractivity contribution < 1.29 is 4.79 Å². The molecule has 92 valence electrons. The summed E-state index contributed by atoms with van der Waals surface area (Å²) in [6, 6.07) is 4.67. The van der Waals surface area contributed by atoms with Crippen molar-refractivity contribution in [2.24, 2.45) is 5.73 Å². The highest BCUT2D eigenvalue weighted by molar-refractivity contribution is 9.10. The summed E-state index contributed by atoms with van der Waals surface area (Å²) in [6.45, 7) is 1.90. The number of halogens is 2. The minimum atomic E-state index is -0.285. The molecule has 1 unspecified atom stereocenters. The van der Waals surface area contributed by atoms with Crippen molar-refractivity contribution in [3.8, 4) is 0 Å². The van der Waals surface area contributed by atoms with E-state index in [1.54, 1.807) is 18.2 Å². The molecule has 0 saturated heterocycles. The lowest BCUT2D eigenvalue weighted by Gasteiger charge is -2.15. The Bertz CT molecular complexity index is 453. The van der Waals surface area contributed by atoms with E-state index in [0.29, 0.717) is 21.5 Å². The summed E-state index contributed by atoms with van der Waals surface area (Å²) in [5.41, 5.74) is 6.02. The molecule has 0 radical (unpaired) electrons. The molecule has 0 heterocycles. The number of nitrogens with two attached hydrogens (primary N) is 1. The molecule has 0 bridgehead atoms. The molecule has 0 spiro atoms. The van der Waals surface area contributed by atoms with Crippen LogP contribution in [0.4, 0.5) is 0 Å². The Morgan fingerprint density at radius 1 is 1.65 bits per heavy atom. The number of nitrogens with one attached hydrogen (secondary N) is 1. The van der Waals surface area contributed by atoms with Crippen LogP contribution in [0.15, 0.2) is 22.7 Å². The molecular formula is C11H12BrClN2OS. The number of carbonyl (C=O) groups is 1. The molecule has 6 heteroatoms. The molecule has 0 aliphatic rings. The van der Waals surface area contributed by atoms with E-state index in [4.69, 9.17) is 29.6 Å². The lowest BCUT2D eigenvalue weighted by Crippen LogP contribution is -2.42. The van der Waals surface area contributed by atoms with Crippen molar-refractivity contribution in [1.82, 2.24) is 5.32 Å². The largest absolute Gasteiger partial charge is 0.392 e. The van der Waals surface area contributed by atoms with Crippen LogP contribution in [0.1, 0.15) is 23.7 Å². The van der Waals surface area contributed by atoms with Crippen molar-refractivity contribution in [2.45, 2.75) is 19.4 Å². The Morgan fingerprint density at radius 2 is 2.29 bits per heavy atom. The van der Waals surface area contributed by atoms with Crippen LogP contribution in [0.3, 0.4) is 0 Å². The van der Waals surface area contributed by atoms with Gasteiger partial charge in [-0.15, -0.1) is 0 Å². The highest BCUT2D eigenvalue weighted by atomic mass is 79.9. The van der Waals surface area contributed by atoms with Crippen LogP contribution in [-0.2, 0) is 0 Å². The Hall–Kier alpha value is -0.650. The summed E-state index contributed by atoms with van der Waals surface area (Å²) in [6.07, 6.45) is 0.663. The van der Waals surface area contributed by atoms with Crippen LogP contribution >= 0.6 is 39.7 Å². The first kappa shape index (κ1) is 14.4. The lowest BCUT2D eigenvalue weighted by molar-refractivity contribution is 0.0946. The standard InChI is InChI=1S/C11H12BrClN2OS/c1-2-9(10(14)17)15-11(16)6-3-4-8(13)7(12)5-6/h3-5,9H,2H2,1H3,(H2,14,17)(H,15,16). The van der Waals surface area contributed by atoms with Crippen LogP contribution in [0.5, 0.6) is 0 Å². The first-order chi connectivity index (χ1) is 7.95. The van der Waals surface area contributed by atoms with Gasteiger partial charge >= 0.3 is 0 Å². The summed E-state index contributed by atoms with van der Waals surface area (Å²) in [5.74, 6) is -0.220. The maximum atomic E-state index is 11.9. The molecule has 3 N–H and O–H groups in total. The number of benzene rings is 1. The van der Waals surface area contributed by atoms with Gasteiger partial charge in [-0.3, -0.25) is 4.79 Å². The van der Waals surface area contributed by atoms with Gasteiger partial charge in [-0.2, -0.15) is 0 Å².